The van der Waals surface area contributed by atoms with Crippen molar-refractivity contribution >= 4 is 28.3 Å². The quantitative estimate of drug-likeness (QED) is 0.497. The number of esters is 1. The van der Waals surface area contributed by atoms with Crippen molar-refractivity contribution in [3.05, 3.63) is 0 Å². The van der Waals surface area contributed by atoms with E-state index < -0.39 is 0 Å². The van der Waals surface area contributed by atoms with E-state index in [1.165, 1.54) is 7.11 Å². The summed E-state index contributed by atoms with van der Waals surface area (Å²) in [4.78, 5) is 10.5. The van der Waals surface area contributed by atoms with Gasteiger partial charge in [0.2, 0.25) is 0 Å². The first-order chi connectivity index (χ1) is 3.72. The van der Waals surface area contributed by atoms with Gasteiger partial charge in [-0.25, -0.2) is 0 Å². The predicted octanol–water partition coefficient (Wildman–Crippen LogP) is 0.115. The second kappa shape index (κ2) is 4.17. The van der Waals surface area contributed by atoms with E-state index >= 15 is 0 Å². The number of rotatable bonds is 2. The minimum atomic E-state index is -0.106. The monoisotopic (exact) mass is 232 g/mol. The maximum absolute atomic E-state index is 10.5. The normalized spacial score (nSPS) is 12.9. The minimum absolute atomic E-state index is 0.0778. The molecule has 0 spiro atoms. The van der Waals surface area contributed by atoms with Crippen molar-refractivity contribution in [1.29, 1.82) is 0 Å². The summed E-state index contributed by atoms with van der Waals surface area (Å²) in [6, 6.07) is 0. The Balaban J connectivity index is 3.46. The molecule has 0 aliphatic carbocycles. The number of methoxy groups -OCH3 is 1. The van der Waals surface area contributed by atoms with Crippen molar-refractivity contribution in [2.45, 2.75) is 11.4 Å². The molecule has 0 bridgehead atoms. The predicted molar refractivity (Wildman–Crippen MR) is 33.1 cm³/mol. The summed E-state index contributed by atoms with van der Waals surface area (Å²) in [5.41, 5.74) is 0. The number of hydrogen-bond donors (Lipinski definition) is 0. The summed E-state index contributed by atoms with van der Waals surface area (Å²) < 4.78 is 5.38. The van der Waals surface area contributed by atoms with Crippen molar-refractivity contribution in [2.75, 3.05) is 7.11 Å². The van der Waals surface area contributed by atoms with E-state index in [1.807, 2.05) is 6.92 Å². The molecule has 1 unspecified atom stereocenters. The van der Waals surface area contributed by atoms with Crippen LogP contribution in [0.4, 0.5) is 0 Å². The topological polar surface area (TPSA) is 26.3 Å². The third-order valence-corrected chi connectivity index (χ3v) is 2.44. The van der Waals surface area contributed by atoms with Crippen molar-refractivity contribution in [1.82, 2.24) is 0 Å². The van der Waals surface area contributed by atoms with Gasteiger partial charge in [-0.3, -0.25) is 0 Å². The van der Waals surface area contributed by atoms with Crippen molar-refractivity contribution in [3.8, 4) is 0 Å². The van der Waals surface area contributed by atoms with Crippen LogP contribution in [0.2, 0.25) is 4.47 Å². The Labute approximate surface area is 62.5 Å². The third kappa shape index (κ3) is 2.54. The number of hydrogen-bond acceptors (Lipinski definition) is 2. The Bertz CT molecular complexity index is 82.5. The van der Waals surface area contributed by atoms with Crippen LogP contribution in [0.15, 0.2) is 0 Å². The first-order valence-electron chi connectivity index (χ1n) is 2.41. The van der Waals surface area contributed by atoms with Crippen molar-refractivity contribution < 1.29 is 9.53 Å². The molecule has 0 radical (unpaired) electrons. The molecule has 0 aliphatic rings. The van der Waals surface area contributed by atoms with Crippen LogP contribution in [-0.2, 0) is 9.53 Å². The van der Waals surface area contributed by atoms with E-state index in [1.54, 1.807) is 22.3 Å². The first-order valence-corrected chi connectivity index (χ1v) is 4.21. The van der Waals surface area contributed by atoms with Gasteiger partial charge in [-0.2, -0.15) is 0 Å². The Morgan fingerprint density at radius 1 is 1.88 bits per heavy atom. The van der Waals surface area contributed by atoms with E-state index in [2.05, 4.69) is 4.74 Å². The van der Waals surface area contributed by atoms with Gasteiger partial charge in [-0.15, -0.1) is 0 Å². The number of carbonyl (C=O) groups excluding carboxylic acids is 1. The summed E-state index contributed by atoms with van der Waals surface area (Å²) in [6.07, 6.45) is 0. The molecule has 0 aliphatic heterocycles. The molecule has 0 aromatic rings. The molecule has 0 rings (SSSR count). The zero-order valence-electron chi connectivity index (χ0n) is 5.05. The Morgan fingerprint density at radius 2 is 2.38 bits per heavy atom. The fourth-order valence-electron chi connectivity index (χ4n) is 0.276. The number of ether oxygens (including phenoxy) is 1. The molecular weight excluding hydrogens is 220 g/mol. The summed E-state index contributed by atoms with van der Waals surface area (Å²) in [5.74, 6) is -0.0278. The van der Waals surface area contributed by atoms with Crippen LogP contribution in [0.1, 0.15) is 6.92 Å². The molecule has 0 N–H and O–H groups in total. The van der Waals surface area contributed by atoms with Gasteiger partial charge in [0.25, 0.3) is 0 Å². The van der Waals surface area contributed by atoms with Gasteiger partial charge in [0, 0.05) is 0 Å². The molecule has 0 heterocycles. The summed E-state index contributed by atoms with van der Waals surface area (Å²) in [7, 11) is 1.42. The molecule has 0 fully saturated rings. The van der Waals surface area contributed by atoms with Gasteiger partial charge in [-0.05, 0) is 0 Å². The van der Waals surface area contributed by atoms with Crippen LogP contribution in [0.3, 0.4) is 0 Å². The molecule has 48 valence electrons. The summed E-state index contributed by atoms with van der Waals surface area (Å²) in [5, 5.41) is 0. The third-order valence-electron chi connectivity index (χ3n) is 0.877. The molecular formula is C5H10O2Te. The van der Waals surface area contributed by atoms with Crippen LogP contribution in [0.5, 0.6) is 0 Å². The molecule has 0 amide bonds. The first kappa shape index (κ1) is 8.26. The Kier molecular flexibility index (Phi) is 4.30. The van der Waals surface area contributed by atoms with Gasteiger partial charge in [-0.1, -0.05) is 0 Å². The molecule has 2 nitrogen and oxygen atoms in total. The summed E-state index contributed by atoms with van der Waals surface area (Å²) >= 11 is 1.64. The van der Waals surface area contributed by atoms with Gasteiger partial charge >= 0.3 is 62.2 Å². The second-order valence-corrected chi connectivity index (χ2v) is 2.65. The number of carbonyl (C=O) groups is 1. The van der Waals surface area contributed by atoms with Crippen LogP contribution < -0.4 is 0 Å². The van der Waals surface area contributed by atoms with Crippen LogP contribution in [-0.4, -0.2) is 35.4 Å². The average molecular weight is 230 g/mol. The molecule has 1 atom stereocenters. The molecule has 0 saturated carbocycles. The van der Waals surface area contributed by atoms with E-state index in [0.29, 0.717) is 0 Å². The molecule has 8 heavy (non-hydrogen) atoms. The van der Waals surface area contributed by atoms with Crippen LogP contribution in [0.25, 0.3) is 0 Å². The molecule has 3 heteroatoms. The van der Waals surface area contributed by atoms with Crippen LogP contribution in [0, 0.1) is 5.92 Å². The van der Waals surface area contributed by atoms with Crippen molar-refractivity contribution in [3.63, 3.8) is 0 Å². The molecule has 0 aromatic carbocycles. The fourth-order valence-corrected chi connectivity index (χ4v) is 0.701. The van der Waals surface area contributed by atoms with E-state index in [0.717, 1.165) is 4.47 Å². The molecule has 0 aromatic heterocycles. The standard InChI is InChI=1S/C5H10O2Te/c1-4(3-8)5(6)7-2/h4,8H,3H2,1-2H3. The zero-order chi connectivity index (χ0) is 6.57. The van der Waals surface area contributed by atoms with Gasteiger partial charge in [0.05, 0.1) is 0 Å². The van der Waals surface area contributed by atoms with Crippen LogP contribution >= 0.6 is 0 Å². The second-order valence-electron chi connectivity index (χ2n) is 1.61. The van der Waals surface area contributed by atoms with Gasteiger partial charge < -0.3 is 0 Å². The van der Waals surface area contributed by atoms with Gasteiger partial charge in [0.1, 0.15) is 0 Å². The summed E-state index contributed by atoms with van der Waals surface area (Å²) in [6.45, 7) is 1.87. The molecule has 0 saturated heterocycles. The zero-order valence-corrected chi connectivity index (χ0v) is 7.60. The van der Waals surface area contributed by atoms with E-state index in [4.69, 9.17) is 0 Å². The maximum atomic E-state index is 10.5. The average Bonchev–Trinajstić information content (AvgIpc) is 1.84. The van der Waals surface area contributed by atoms with Crippen molar-refractivity contribution in [2.24, 2.45) is 5.92 Å². The Hall–Kier alpha value is 0.260. The Morgan fingerprint density at radius 3 is 2.50 bits per heavy atom. The van der Waals surface area contributed by atoms with E-state index in [-0.39, 0.29) is 11.9 Å². The van der Waals surface area contributed by atoms with Gasteiger partial charge in [0.15, 0.2) is 0 Å². The van der Waals surface area contributed by atoms with E-state index in [9.17, 15) is 4.79 Å². The SMILES string of the molecule is COC(=O)C(C)C[TeH]. The fraction of sp³-hybridized carbons (Fsp3) is 0.800.